The molecule has 0 fully saturated rings. The van der Waals surface area contributed by atoms with Gasteiger partial charge in [-0.1, -0.05) is 48.0 Å². The molecule has 126 valence electrons. The molecule has 0 amide bonds. The van der Waals surface area contributed by atoms with Crippen LogP contribution in [0.3, 0.4) is 0 Å². The summed E-state index contributed by atoms with van der Waals surface area (Å²) in [6.45, 7) is 0. The van der Waals surface area contributed by atoms with Gasteiger partial charge in [-0.05, 0) is 24.5 Å². The summed E-state index contributed by atoms with van der Waals surface area (Å²) in [7, 11) is 2.01. The number of nitrogens with zero attached hydrogens (tertiary/aromatic N) is 3. The minimum absolute atomic E-state index is 0.00382. The molecule has 3 aromatic rings. The van der Waals surface area contributed by atoms with E-state index >= 15 is 0 Å². The number of aryl methyl sites for hydroxylation is 1. The number of fused-ring (bicyclic) bond motifs is 1. The fraction of sp³-hybridized carbons (Fsp3) is 0.250. The van der Waals surface area contributed by atoms with Gasteiger partial charge in [-0.3, -0.25) is 0 Å². The first-order chi connectivity index (χ1) is 12.1. The fourth-order valence-electron chi connectivity index (χ4n) is 3.66. The number of rotatable bonds is 2. The van der Waals surface area contributed by atoms with E-state index in [1.54, 1.807) is 12.3 Å². The zero-order chi connectivity index (χ0) is 17.4. The van der Waals surface area contributed by atoms with E-state index in [4.69, 9.17) is 11.6 Å². The maximum Gasteiger partial charge on any atom is 0.345 e. The van der Waals surface area contributed by atoms with E-state index in [2.05, 4.69) is 9.55 Å². The lowest BCUT2D eigenvalue weighted by atomic mass is 9.97. The zero-order valence-corrected chi connectivity index (χ0v) is 14.8. The molecule has 1 aromatic carbocycles. The van der Waals surface area contributed by atoms with Gasteiger partial charge in [0, 0.05) is 18.2 Å². The van der Waals surface area contributed by atoms with E-state index in [0.717, 1.165) is 41.8 Å². The Morgan fingerprint density at radius 1 is 1.20 bits per heavy atom. The third-order valence-corrected chi connectivity index (χ3v) is 5.09. The van der Waals surface area contributed by atoms with Crippen molar-refractivity contribution in [2.24, 2.45) is 7.05 Å². The van der Waals surface area contributed by atoms with Gasteiger partial charge in [0.25, 0.3) is 5.82 Å². The van der Waals surface area contributed by atoms with Crippen molar-refractivity contribution < 1.29 is 4.57 Å². The van der Waals surface area contributed by atoms with Crippen LogP contribution in [0, 0.1) is 0 Å². The van der Waals surface area contributed by atoms with E-state index in [1.165, 1.54) is 0 Å². The molecular formula is C20H19ClN3O+. The fourth-order valence-corrected chi connectivity index (χ4v) is 3.77. The first-order valence-corrected chi connectivity index (χ1v) is 8.84. The van der Waals surface area contributed by atoms with Gasteiger partial charge in [-0.2, -0.15) is 4.57 Å². The number of pyridine rings is 1. The van der Waals surface area contributed by atoms with E-state index < -0.39 is 0 Å². The molecule has 1 aliphatic rings. The molecular weight excluding hydrogens is 334 g/mol. The Morgan fingerprint density at radius 3 is 2.72 bits per heavy atom. The lowest BCUT2D eigenvalue weighted by Crippen LogP contribution is -2.46. The summed E-state index contributed by atoms with van der Waals surface area (Å²) < 4.78 is 4.02. The van der Waals surface area contributed by atoms with E-state index in [-0.39, 0.29) is 11.6 Å². The van der Waals surface area contributed by atoms with Gasteiger partial charge < -0.3 is 0 Å². The summed E-state index contributed by atoms with van der Waals surface area (Å²) in [4.78, 5) is 17.5. The van der Waals surface area contributed by atoms with Gasteiger partial charge in [0.05, 0.1) is 7.05 Å². The van der Waals surface area contributed by atoms with Crippen LogP contribution in [0.25, 0.3) is 11.1 Å². The highest BCUT2D eigenvalue weighted by atomic mass is 35.5. The number of aromatic nitrogens is 3. The number of halogens is 1. The summed E-state index contributed by atoms with van der Waals surface area (Å²) >= 11 is 5.93. The number of benzene rings is 1. The minimum Gasteiger partial charge on any atom is -0.244 e. The molecule has 0 saturated heterocycles. The molecule has 0 saturated carbocycles. The molecule has 0 radical (unpaired) electrons. The van der Waals surface area contributed by atoms with Crippen molar-refractivity contribution in [1.29, 1.82) is 0 Å². The molecule has 0 N–H and O–H groups in total. The predicted molar refractivity (Wildman–Crippen MR) is 97.6 cm³/mol. The molecule has 5 heteroatoms. The monoisotopic (exact) mass is 352 g/mol. The first-order valence-electron chi connectivity index (χ1n) is 8.46. The topological polar surface area (TPSA) is 38.8 Å². The molecule has 25 heavy (non-hydrogen) atoms. The van der Waals surface area contributed by atoms with Crippen molar-refractivity contribution >= 4 is 11.6 Å². The zero-order valence-electron chi connectivity index (χ0n) is 14.0. The summed E-state index contributed by atoms with van der Waals surface area (Å²) in [6.07, 6.45) is 6.60. The van der Waals surface area contributed by atoms with Crippen molar-refractivity contribution in [3.8, 4) is 11.1 Å². The minimum atomic E-state index is -0.00382. The number of hydrogen-bond acceptors (Lipinski definition) is 2. The summed E-state index contributed by atoms with van der Waals surface area (Å²) in [6, 6.07) is 13.6. The average Bonchev–Trinajstić information content (AvgIpc) is 2.65. The largest absolute Gasteiger partial charge is 0.345 e. The van der Waals surface area contributed by atoms with Crippen molar-refractivity contribution in [2.45, 2.75) is 25.3 Å². The van der Waals surface area contributed by atoms with Crippen LogP contribution in [0.1, 0.15) is 30.3 Å². The second kappa shape index (κ2) is 6.45. The molecule has 0 aliphatic carbocycles. The Morgan fingerprint density at radius 2 is 2.00 bits per heavy atom. The second-order valence-electron chi connectivity index (χ2n) is 6.43. The maximum absolute atomic E-state index is 13.3. The third kappa shape index (κ3) is 2.87. The van der Waals surface area contributed by atoms with Crippen LogP contribution in [0.2, 0.25) is 5.15 Å². The van der Waals surface area contributed by atoms with Crippen LogP contribution in [0.15, 0.2) is 59.7 Å². The average molecular weight is 353 g/mol. The van der Waals surface area contributed by atoms with Crippen LogP contribution >= 0.6 is 11.6 Å². The third-order valence-electron chi connectivity index (χ3n) is 4.87. The summed E-state index contributed by atoms with van der Waals surface area (Å²) in [5.74, 6) is 1.05. The highest BCUT2D eigenvalue weighted by Gasteiger charge is 2.32. The van der Waals surface area contributed by atoms with E-state index in [0.29, 0.717) is 5.15 Å². The van der Waals surface area contributed by atoms with Gasteiger partial charge in [0.15, 0.2) is 0 Å². The molecule has 4 nitrogen and oxygen atoms in total. The van der Waals surface area contributed by atoms with Gasteiger partial charge in [-0.15, -0.1) is 0 Å². The smallest absolute Gasteiger partial charge is 0.244 e. The molecule has 3 heterocycles. The molecule has 4 rings (SSSR count). The van der Waals surface area contributed by atoms with E-state index in [9.17, 15) is 4.79 Å². The molecule has 1 aliphatic heterocycles. The van der Waals surface area contributed by atoms with Crippen LogP contribution in [-0.4, -0.2) is 9.55 Å². The quantitative estimate of drug-likeness (QED) is 0.524. The summed E-state index contributed by atoms with van der Waals surface area (Å²) in [5, 5.41) is 0.468. The van der Waals surface area contributed by atoms with Gasteiger partial charge >= 0.3 is 5.56 Å². The lowest BCUT2D eigenvalue weighted by Gasteiger charge is -2.23. The molecule has 1 atom stereocenters. The summed E-state index contributed by atoms with van der Waals surface area (Å²) in [5.41, 5.74) is 2.74. The second-order valence-corrected chi connectivity index (χ2v) is 6.82. The Labute approximate surface area is 151 Å². The maximum atomic E-state index is 13.3. The van der Waals surface area contributed by atoms with Crippen molar-refractivity contribution in [1.82, 2.24) is 9.55 Å². The van der Waals surface area contributed by atoms with Crippen molar-refractivity contribution in [3.05, 3.63) is 81.8 Å². The highest BCUT2D eigenvalue weighted by Crippen LogP contribution is 2.29. The van der Waals surface area contributed by atoms with Crippen LogP contribution in [-0.2, 0) is 13.5 Å². The first kappa shape index (κ1) is 16.0. The Hall–Kier alpha value is -2.46. The van der Waals surface area contributed by atoms with Gasteiger partial charge in [0.1, 0.15) is 23.0 Å². The van der Waals surface area contributed by atoms with Gasteiger partial charge in [-0.25, -0.2) is 14.3 Å². The predicted octanol–water partition coefficient (Wildman–Crippen LogP) is 3.31. The Kier molecular flexibility index (Phi) is 4.14. The molecule has 0 spiro atoms. The lowest BCUT2D eigenvalue weighted by molar-refractivity contribution is -0.684. The van der Waals surface area contributed by atoms with Crippen LogP contribution in [0.4, 0.5) is 0 Å². The SMILES string of the molecule is C[n+]1cc(-c2ccccc2)c(=O)n2c1CCCC2c1ccc(Cl)nc1. The van der Waals surface area contributed by atoms with Gasteiger partial charge in [0.2, 0.25) is 0 Å². The Bertz CT molecular complexity index is 965. The highest BCUT2D eigenvalue weighted by molar-refractivity contribution is 6.29. The molecule has 2 aromatic heterocycles. The molecule has 0 bridgehead atoms. The molecule has 1 unspecified atom stereocenters. The normalized spacial score (nSPS) is 16.5. The van der Waals surface area contributed by atoms with Crippen molar-refractivity contribution in [3.63, 3.8) is 0 Å². The van der Waals surface area contributed by atoms with Crippen LogP contribution in [0.5, 0.6) is 0 Å². The number of hydrogen-bond donors (Lipinski definition) is 0. The van der Waals surface area contributed by atoms with Crippen LogP contribution < -0.4 is 10.1 Å². The Balaban J connectivity index is 1.92. The standard InChI is InChI=1S/C20H19ClN3O/c1-23-13-16(14-6-3-2-4-7-14)20(25)24-17(8-5-9-19(23)24)15-10-11-18(21)22-12-15/h2-4,6-7,10-13,17H,5,8-9H2,1H3/q+1. The van der Waals surface area contributed by atoms with E-state index in [1.807, 2.05) is 54.2 Å². The van der Waals surface area contributed by atoms with Crippen molar-refractivity contribution in [2.75, 3.05) is 0 Å².